The van der Waals surface area contributed by atoms with Gasteiger partial charge in [0.2, 0.25) is 0 Å². The van der Waals surface area contributed by atoms with Crippen LogP contribution in [0.5, 0.6) is 0 Å². The first-order chi connectivity index (χ1) is 5.38. The number of halogens is 3. The molecule has 1 aliphatic rings. The Hall–Kier alpha value is -0.730. The van der Waals surface area contributed by atoms with Crippen LogP contribution in [-0.2, 0) is 0 Å². The summed E-state index contributed by atoms with van der Waals surface area (Å²) in [5, 5.41) is 0. The van der Waals surface area contributed by atoms with E-state index in [2.05, 4.69) is 6.58 Å². The summed E-state index contributed by atoms with van der Waals surface area (Å²) in [5.74, 6) is 0.311. The maximum atomic E-state index is 11.9. The molecule has 0 saturated heterocycles. The molecule has 0 N–H and O–H groups in total. The van der Waals surface area contributed by atoms with Crippen molar-refractivity contribution in [3.63, 3.8) is 0 Å². The topological polar surface area (TPSA) is 0 Å². The molecule has 68 valence electrons. The molecule has 0 aromatic rings. The molecule has 0 radical (unpaired) electrons. The van der Waals surface area contributed by atoms with Gasteiger partial charge in [0, 0.05) is 6.08 Å². The molecule has 0 aromatic heterocycles. The summed E-state index contributed by atoms with van der Waals surface area (Å²) < 4.78 is 35.7. The molecule has 1 atom stereocenters. The van der Waals surface area contributed by atoms with Gasteiger partial charge in [-0.15, -0.1) is 0 Å². The zero-order valence-corrected chi connectivity index (χ0v) is 6.91. The van der Waals surface area contributed by atoms with Gasteiger partial charge in [-0.2, -0.15) is 13.2 Å². The molecular weight excluding hydrogens is 165 g/mol. The molecule has 0 aromatic carbocycles. The van der Waals surface area contributed by atoms with E-state index in [0.29, 0.717) is 36.0 Å². The fourth-order valence-corrected chi connectivity index (χ4v) is 1.50. The van der Waals surface area contributed by atoms with Crippen LogP contribution in [0.25, 0.3) is 0 Å². The molecule has 3 heteroatoms. The number of allylic oxidation sites excluding steroid dienone is 3. The third kappa shape index (κ3) is 2.40. The van der Waals surface area contributed by atoms with E-state index >= 15 is 0 Å². The van der Waals surface area contributed by atoms with E-state index in [0.717, 1.165) is 0 Å². The monoisotopic (exact) mass is 176 g/mol. The van der Waals surface area contributed by atoms with Gasteiger partial charge in [0.1, 0.15) is 0 Å². The van der Waals surface area contributed by atoms with E-state index in [9.17, 15) is 13.2 Å². The van der Waals surface area contributed by atoms with E-state index in [4.69, 9.17) is 0 Å². The summed E-state index contributed by atoms with van der Waals surface area (Å²) in [4.78, 5) is 0. The lowest BCUT2D eigenvalue weighted by Gasteiger charge is -2.02. The Balaban J connectivity index is 2.77. The normalized spacial score (nSPS) is 28.5. The molecule has 1 unspecified atom stereocenters. The van der Waals surface area contributed by atoms with Gasteiger partial charge in [-0.3, -0.25) is 0 Å². The molecule has 1 rings (SSSR count). The highest BCUT2D eigenvalue weighted by Crippen LogP contribution is 2.36. The van der Waals surface area contributed by atoms with Crippen molar-refractivity contribution in [1.29, 1.82) is 0 Å². The van der Waals surface area contributed by atoms with Gasteiger partial charge < -0.3 is 0 Å². The fourth-order valence-electron chi connectivity index (χ4n) is 1.50. The minimum Gasteiger partial charge on any atom is -0.167 e. The molecule has 0 spiro atoms. The Labute approximate surface area is 69.8 Å². The largest absolute Gasteiger partial charge is 0.410 e. The van der Waals surface area contributed by atoms with Crippen LogP contribution in [0.15, 0.2) is 23.8 Å². The van der Waals surface area contributed by atoms with E-state index < -0.39 is 6.18 Å². The van der Waals surface area contributed by atoms with Crippen molar-refractivity contribution in [2.24, 2.45) is 5.92 Å². The van der Waals surface area contributed by atoms with Crippen molar-refractivity contribution >= 4 is 0 Å². The summed E-state index contributed by atoms with van der Waals surface area (Å²) in [6.07, 6.45) is -2.61. The van der Waals surface area contributed by atoms with E-state index in [1.54, 1.807) is 0 Å². The molecule has 0 heterocycles. The third-order valence-electron chi connectivity index (χ3n) is 1.96. The quantitative estimate of drug-likeness (QED) is 0.530. The van der Waals surface area contributed by atoms with Gasteiger partial charge in [-0.25, -0.2) is 0 Å². The Morgan fingerprint density at radius 3 is 2.33 bits per heavy atom. The summed E-state index contributed by atoms with van der Waals surface area (Å²) in [7, 11) is 0. The average Bonchev–Trinajstić information content (AvgIpc) is 2.06. The molecule has 0 aliphatic heterocycles. The van der Waals surface area contributed by atoms with E-state index in [1.165, 1.54) is 0 Å². The minimum absolute atomic E-state index is 0.311. The van der Waals surface area contributed by atoms with Gasteiger partial charge in [-0.05, 0) is 24.3 Å². The van der Waals surface area contributed by atoms with Crippen LogP contribution in [0.2, 0.25) is 0 Å². The minimum atomic E-state index is -4.19. The lowest BCUT2D eigenvalue weighted by molar-refractivity contribution is -0.0804. The number of alkyl halides is 3. The van der Waals surface area contributed by atoms with Crippen molar-refractivity contribution < 1.29 is 13.2 Å². The Morgan fingerprint density at radius 1 is 1.42 bits per heavy atom. The van der Waals surface area contributed by atoms with Gasteiger partial charge in [-0.1, -0.05) is 19.1 Å². The highest BCUT2D eigenvalue weighted by Gasteiger charge is 2.28. The Bertz CT molecular complexity index is 222. The summed E-state index contributed by atoms with van der Waals surface area (Å²) in [6, 6.07) is 0. The fraction of sp³-hybridized carbons (Fsp3) is 0.556. The van der Waals surface area contributed by atoms with Gasteiger partial charge in [0.25, 0.3) is 0 Å². The van der Waals surface area contributed by atoms with Crippen LogP contribution in [0.1, 0.15) is 19.8 Å². The van der Waals surface area contributed by atoms with Gasteiger partial charge >= 0.3 is 6.18 Å². The predicted molar refractivity (Wildman–Crippen MR) is 41.7 cm³/mol. The molecule has 1 aliphatic carbocycles. The second-order valence-corrected chi connectivity index (χ2v) is 3.33. The lowest BCUT2D eigenvalue weighted by Crippen LogP contribution is -2.02. The van der Waals surface area contributed by atoms with Crippen LogP contribution in [0.4, 0.5) is 13.2 Å². The lowest BCUT2D eigenvalue weighted by atomic mass is 10.1. The Kier molecular flexibility index (Phi) is 2.31. The molecule has 12 heavy (non-hydrogen) atoms. The highest BCUT2D eigenvalue weighted by atomic mass is 19.4. The smallest absolute Gasteiger partial charge is 0.167 e. The van der Waals surface area contributed by atoms with Crippen LogP contribution in [-0.4, -0.2) is 6.18 Å². The molecule has 1 fully saturated rings. The second kappa shape index (κ2) is 2.96. The van der Waals surface area contributed by atoms with Crippen LogP contribution >= 0.6 is 0 Å². The van der Waals surface area contributed by atoms with Crippen molar-refractivity contribution in [1.82, 2.24) is 0 Å². The van der Waals surface area contributed by atoms with Crippen molar-refractivity contribution in [2.45, 2.75) is 25.9 Å². The predicted octanol–water partition coefficient (Wildman–Crippen LogP) is 3.46. The van der Waals surface area contributed by atoms with Crippen molar-refractivity contribution in [3.05, 3.63) is 23.8 Å². The standard InChI is InChI=1S/C9H11F3/c1-6-3-7(2)8(4-6)5-9(10,11)12/h5-6H,2-4H2,1H3/b8-5+. The maximum Gasteiger partial charge on any atom is 0.410 e. The van der Waals surface area contributed by atoms with Crippen LogP contribution < -0.4 is 0 Å². The Morgan fingerprint density at radius 2 is 2.00 bits per heavy atom. The van der Waals surface area contributed by atoms with E-state index in [-0.39, 0.29) is 0 Å². The molecule has 1 saturated carbocycles. The summed E-state index contributed by atoms with van der Waals surface area (Å²) >= 11 is 0. The van der Waals surface area contributed by atoms with Crippen molar-refractivity contribution in [3.8, 4) is 0 Å². The highest BCUT2D eigenvalue weighted by molar-refractivity contribution is 5.34. The summed E-state index contributed by atoms with van der Waals surface area (Å²) in [5.41, 5.74) is 1.01. The molecular formula is C9H11F3. The van der Waals surface area contributed by atoms with Gasteiger partial charge in [0.15, 0.2) is 0 Å². The molecule has 0 bridgehead atoms. The first kappa shape index (κ1) is 9.36. The SMILES string of the molecule is C=C1CC(C)C/C1=C\C(F)(F)F. The first-order valence-electron chi connectivity index (χ1n) is 3.85. The zero-order chi connectivity index (χ0) is 9.35. The van der Waals surface area contributed by atoms with Crippen LogP contribution in [0, 0.1) is 5.92 Å². The first-order valence-corrected chi connectivity index (χ1v) is 3.85. The molecule has 0 nitrogen and oxygen atoms in total. The second-order valence-electron chi connectivity index (χ2n) is 3.33. The zero-order valence-electron chi connectivity index (χ0n) is 6.91. The summed E-state index contributed by atoms with van der Waals surface area (Å²) in [6.45, 7) is 5.53. The van der Waals surface area contributed by atoms with Gasteiger partial charge in [0.05, 0.1) is 0 Å². The van der Waals surface area contributed by atoms with E-state index in [1.807, 2.05) is 6.92 Å². The number of hydrogen-bond acceptors (Lipinski definition) is 0. The molecule has 0 amide bonds. The average molecular weight is 176 g/mol. The third-order valence-corrected chi connectivity index (χ3v) is 1.96. The number of rotatable bonds is 0. The van der Waals surface area contributed by atoms with Crippen LogP contribution in [0.3, 0.4) is 0 Å². The van der Waals surface area contributed by atoms with Crippen molar-refractivity contribution in [2.75, 3.05) is 0 Å². The number of hydrogen-bond donors (Lipinski definition) is 0. The maximum absolute atomic E-state index is 11.9.